The van der Waals surface area contributed by atoms with E-state index in [-0.39, 0.29) is 0 Å². The van der Waals surface area contributed by atoms with Gasteiger partial charge in [0.2, 0.25) is 0 Å². The summed E-state index contributed by atoms with van der Waals surface area (Å²) in [5, 5.41) is 10.4. The first-order chi connectivity index (χ1) is 8.03. The van der Waals surface area contributed by atoms with Crippen LogP contribution in [0.4, 0.5) is 0 Å². The molecule has 1 saturated heterocycles. The maximum absolute atomic E-state index is 10.4. The van der Waals surface area contributed by atoms with Gasteiger partial charge in [0, 0.05) is 6.61 Å². The first kappa shape index (κ1) is 12.6. The minimum atomic E-state index is -0.522. The highest BCUT2D eigenvalue weighted by Crippen LogP contribution is 2.37. The van der Waals surface area contributed by atoms with Crippen molar-refractivity contribution < 1.29 is 9.84 Å². The molecular formula is C15H22O2. The molecule has 2 atom stereocenters. The summed E-state index contributed by atoms with van der Waals surface area (Å²) in [5.74, 6) is 0.527. The first-order valence-electron chi connectivity index (χ1n) is 6.45. The van der Waals surface area contributed by atoms with Crippen LogP contribution in [0.25, 0.3) is 0 Å². The second kappa shape index (κ2) is 4.79. The summed E-state index contributed by atoms with van der Waals surface area (Å²) in [5.41, 5.74) is 1.86. The zero-order chi connectivity index (χ0) is 12.5. The van der Waals surface area contributed by atoms with Crippen molar-refractivity contribution in [2.75, 3.05) is 6.61 Å². The number of hydrogen-bond donors (Lipinski definition) is 1. The number of benzene rings is 1. The van der Waals surface area contributed by atoms with Crippen molar-refractivity contribution in [3.63, 3.8) is 0 Å². The lowest BCUT2D eigenvalue weighted by Gasteiger charge is -2.29. The van der Waals surface area contributed by atoms with Crippen molar-refractivity contribution in [1.29, 1.82) is 0 Å². The first-order valence-corrected chi connectivity index (χ1v) is 6.45. The minimum Gasteiger partial charge on any atom is -0.385 e. The fourth-order valence-corrected chi connectivity index (χ4v) is 2.43. The molecule has 2 nitrogen and oxygen atoms in total. The van der Waals surface area contributed by atoms with Crippen LogP contribution in [0.1, 0.15) is 56.8 Å². The molecule has 1 aromatic rings. The Labute approximate surface area is 104 Å². The van der Waals surface area contributed by atoms with Crippen LogP contribution < -0.4 is 0 Å². The largest absolute Gasteiger partial charge is 0.385 e. The summed E-state index contributed by atoms with van der Waals surface area (Å²) in [7, 11) is 0. The predicted octanol–water partition coefficient (Wildman–Crippen LogP) is 3.41. The van der Waals surface area contributed by atoms with Crippen LogP contribution in [0.2, 0.25) is 0 Å². The van der Waals surface area contributed by atoms with Gasteiger partial charge in [-0.15, -0.1) is 0 Å². The monoisotopic (exact) mass is 234 g/mol. The van der Waals surface area contributed by atoms with Gasteiger partial charge in [0.25, 0.3) is 0 Å². The molecule has 2 heteroatoms. The number of rotatable bonds is 3. The van der Waals surface area contributed by atoms with E-state index >= 15 is 0 Å². The van der Waals surface area contributed by atoms with Crippen molar-refractivity contribution in [3.8, 4) is 0 Å². The fraction of sp³-hybridized carbons (Fsp3) is 0.600. The van der Waals surface area contributed by atoms with Crippen molar-refractivity contribution in [2.45, 2.75) is 51.2 Å². The topological polar surface area (TPSA) is 29.5 Å². The summed E-state index contributed by atoms with van der Waals surface area (Å²) in [4.78, 5) is 0. The van der Waals surface area contributed by atoms with Crippen LogP contribution in [-0.2, 0) is 4.74 Å². The molecule has 1 N–H and O–H groups in total. The van der Waals surface area contributed by atoms with Crippen LogP contribution in [0, 0.1) is 0 Å². The summed E-state index contributed by atoms with van der Waals surface area (Å²) in [6, 6.07) is 8.24. The van der Waals surface area contributed by atoms with Crippen LogP contribution in [0.3, 0.4) is 0 Å². The lowest BCUT2D eigenvalue weighted by molar-refractivity contribution is -0.0796. The molecule has 1 aliphatic heterocycles. The standard InChI is InChI=1S/C15H22O2/c1-11(2)12-5-7-13(8-6-12)14(16)15(3)9-4-10-17-15/h5-8,11,14,16H,4,9-10H2,1-3H3. The van der Waals surface area contributed by atoms with E-state index in [0.29, 0.717) is 5.92 Å². The molecule has 0 aliphatic carbocycles. The van der Waals surface area contributed by atoms with Crippen LogP contribution in [0.5, 0.6) is 0 Å². The molecule has 0 radical (unpaired) electrons. The van der Waals surface area contributed by atoms with Crippen molar-refractivity contribution in [3.05, 3.63) is 35.4 Å². The molecule has 17 heavy (non-hydrogen) atoms. The maximum Gasteiger partial charge on any atom is 0.108 e. The summed E-state index contributed by atoms with van der Waals surface area (Å²) in [6.45, 7) is 7.11. The van der Waals surface area contributed by atoms with E-state index in [4.69, 9.17) is 4.74 Å². The molecule has 2 unspecified atom stereocenters. The quantitative estimate of drug-likeness (QED) is 0.868. The Balaban J connectivity index is 2.16. The molecule has 1 aliphatic rings. The van der Waals surface area contributed by atoms with Gasteiger partial charge in [-0.25, -0.2) is 0 Å². The van der Waals surface area contributed by atoms with E-state index in [9.17, 15) is 5.11 Å². The maximum atomic E-state index is 10.4. The predicted molar refractivity (Wildman–Crippen MR) is 69.1 cm³/mol. The lowest BCUT2D eigenvalue weighted by Crippen LogP contribution is -2.31. The lowest BCUT2D eigenvalue weighted by atomic mass is 9.89. The molecule has 94 valence electrons. The normalized spacial score (nSPS) is 26.4. The van der Waals surface area contributed by atoms with Crippen LogP contribution in [-0.4, -0.2) is 17.3 Å². The van der Waals surface area contributed by atoms with Gasteiger partial charge in [-0.1, -0.05) is 38.1 Å². The third kappa shape index (κ3) is 2.53. The van der Waals surface area contributed by atoms with Crippen molar-refractivity contribution in [2.24, 2.45) is 0 Å². The zero-order valence-corrected chi connectivity index (χ0v) is 10.9. The van der Waals surface area contributed by atoms with Gasteiger partial charge in [0.1, 0.15) is 6.10 Å². The smallest absolute Gasteiger partial charge is 0.108 e. The summed E-state index contributed by atoms with van der Waals surface area (Å²) >= 11 is 0. The van der Waals surface area contributed by atoms with Crippen molar-refractivity contribution in [1.82, 2.24) is 0 Å². The molecule has 0 spiro atoms. The van der Waals surface area contributed by atoms with Gasteiger partial charge >= 0.3 is 0 Å². The molecule has 1 fully saturated rings. The summed E-state index contributed by atoms with van der Waals surface area (Å²) < 4.78 is 5.68. The van der Waals surface area contributed by atoms with Gasteiger partial charge in [0.05, 0.1) is 5.60 Å². The Hall–Kier alpha value is -0.860. The SMILES string of the molecule is CC(C)c1ccc(C(O)C2(C)CCCO2)cc1. The van der Waals surface area contributed by atoms with E-state index in [1.54, 1.807) is 0 Å². The second-order valence-electron chi connectivity index (χ2n) is 5.49. The van der Waals surface area contributed by atoms with Gasteiger partial charge in [-0.2, -0.15) is 0 Å². The Kier molecular flexibility index (Phi) is 3.55. The molecule has 1 aromatic carbocycles. The molecule has 2 rings (SSSR count). The Morgan fingerprint density at radius 1 is 1.18 bits per heavy atom. The van der Waals surface area contributed by atoms with E-state index in [2.05, 4.69) is 26.0 Å². The molecular weight excluding hydrogens is 212 g/mol. The highest BCUT2D eigenvalue weighted by Gasteiger charge is 2.38. The van der Waals surface area contributed by atoms with Crippen LogP contribution >= 0.6 is 0 Å². The number of aliphatic hydroxyl groups is 1. The highest BCUT2D eigenvalue weighted by atomic mass is 16.5. The average molecular weight is 234 g/mol. The van der Waals surface area contributed by atoms with E-state index < -0.39 is 11.7 Å². The Morgan fingerprint density at radius 3 is 2.24 bits per heavy atom. The molecule has 0 bridgehead atoms. The van der Waals surface area contributed by atoms with E-state index in [1.807, 2.05) is 19.1 Å². The summed E-state index contributed by atoms with van der Waals surface area (Å²) in [6.07, 6.45) is 1.45. The Morgan fingerprint density at radius 2 is 1.76 bits per heavy atom. The minimum absolute atomic E-state index is 0.403. The van der Waals surface area contributed by atoms with E-state index in [1.165, 1.54) is 5.56 Å². The van der Waals surface area contributed by atoms with Crippen molar-refractivity contribution >= 4 is 0 Å². The van der Waals surface area contributed by atoms with Gasteiger partial charge in [-0.05, 0) is 36.8 Å². The van der Waals surface area contributed by atoms with Gasteiger partial charge in [0.15, 0.2) is 0 Å². The Bertz CT molecular complexity index is 361. The number of ether oxygens (including phenoxy) is 1. The van der Waals surface area contributed by atoms with Gasteiger partial charge in [-0.3, -0.25) is 0 Å². The van der Waals surface area contributed by atoms with E-state index in [0.717, 1.165) is 25.0 Å². The highest BCUT2D eigenvalue weighted by molar-refractivity contribution is 5.27. The van der Waals surface area contributed by atoms with Gasteiger partial charge < -0.3 is 9.84 Å². The average Bonchev–Trinajstić information content (AvgIpc) is 2.76. The molecule has 1 heterocycles. The number of hydrogen-bond acceptors (Lipinski definition) is 2. The third-order valence-corrected chi connectivity index (χ3v) is 3.75. The van der Waals surface area contributed by atoms with Crippen LogP contribution in [0.15, 0.2) is 24.3 Å². The molecule has 0 aromatic heterocycles. The number of aliphatic hydroxyl groups excluding tert-OH is 1. The molecule has 0 saturated carbocycles. The third-order valence-electron chi connectivity index (χ3n) is 3.75. The fourth-order valence-electron chi connectivity index (χ4n) is 2.43. The molecule has 0 amide bonds. The second-order valence-corrected chi connectivity index (χ2v) is 5.49. The zero-order valence-electron chi connectivity index (χ0n) is 10.9.